The number of allylic oxidation sites excluding steroid dienone is 1. The van der Waals surface area contributed by atoms with E-state index in [9.17, 15) is 0 Å². The van der Waals surface area contributed by atoms with Crippen molar-refractivity contribution in [3.05, 3.63) is 72.4 Å². The third kappa shape index (κ3) is 4.44. The van der Waals surface area contributed by atoms with E-state index >= 15 is 0 Å². The molecule has 0 aliphatic rings. The van der Waals surface area contributed by atoms with Crippen LogP contribution < -0.4 is 10.4 Å². The summed E-state index contributed by atoms with van der Waals surface area (Å²) in [6.07, 6.45) is 8.99. The topological polar surface area (TPSA) is 0 Å². The Kier molecular flexibility index (Phi) is 6.66. The molecule has 0 spiro atoms. The van der Waals surface area contributed by atoms with Gasteiger partial charge in [0.15, 0.2) is 0 Å². The van der Waals surface area contributed by atoms with E-state index in [0.29, 0.717) is 0 Å². The van der Waals surface area contributed by atoms with Gasteiger partial charge < -0.3 is 0 Å². The van der Waals surface area contributed by atoms with Crippen LogP contribution in [-0.4, -0.2) is 8.07 Å². The molecule has 0 aliphatic heterocycles. The Hall–Kier alpha value is -1.60. The summed E-state index contributed by atoms with van der Waals surface area (Å²) >= 11 is 0. The zero-order valence-electron chi connectivity index (χ0n) is 14.0. The lowest BCUT2D eigenvalue weighted by molar-refractivity contribution is 0.674. The van der Waals surface area contributed by atoms with Gasteiger partial charge in [-0.25, -0.2) is 0 Å². The van der Waals surface area contributed by atoms with Crippen LogP contribution in [0.1, 0.15) is 39.0 Å². The van der Waals surface area contributed by atoms with E-state index in [1.54, 1.807) is 0 Å². The zero-order chi connectivity index (χ0) is 15.7. The van der Waals surface area contributed by atoms with Crippen LogP contribution in [0.4, 0.5) is 0 Å². The van der Waals surface area contributed by atoms with Gasteiger partial charge in [0.25, 0.3) is 0 Å². The fourth-order valence-corrected chi connectivity index (χ4v) is 6.06. The Morgan fingerprint density at radius 2 is 1.32 bits per heavy atom. The van der Waals surface area contributed by atoms with Crippen LogP contribution in [0.15, 0.2) is 72.4 Å². The molecule has 0 aliphatic carbocycles. The highest BCUT2D eigenvalue weighted by atomic mass is 28.3. The lowest BCUT2D eigenvalue weighted by Crippen LogP contribution is -2.54. The molecule has 0 bridgehead atoms. The Balaban J connectivity index is 2.18. The van der Waals surface area contributed by atoms with Crippen molar-refractivity contribution < 1.29 is 0 Å². The predicted molar refractivity (Wildman–Crippen MR) is 102 cm³/mol. The summed E-state index contributed by atoms with van der Waals surface area (Å²) in [5.74, 6) is 0. The number of rotatable bonds is 8. The fourth-order valence-electron chi connectivity index (χ4n) is 2.94. The smallest absolute Gasteiger partial charge is 0.0917 e. The van der Waals surface area contributed by atoms with E-state index < -0.39 is 8.07 Å². The monoisotopic (exact) mass is 308 g/mol. The highest BCUT2D eigenvalue weighted by molar-refractivity contribution is 7.05. The van der Waals surface area contributed by atoms with Gasteiger partial charge in [0.1, 0.15) is 8.07 Å². The van der Waals surface area contributed by atoms with Crippen LogP contribution in [0.2, 0.25) is 6.55 Å². The molecule has 0 amide bonds. The summed E-state index contributed by atoms with van der Waals surface area (Å²) in [5, 5.41) is 2.98. The third-order valence-electron chi connectivity index (χ3n) is 4.42. The van der Waals surface area contributed by atoms with Gasteiger partial charge in [-0.2, -0.15) is 0 Å². The SMILES string of the molecule is CCCCCC/C=C\[Si](C)(c1ccccc1)c1ccccc1. The Morgan fingerprint density at radius 1 is 0.773 bits per heavy atom. The molecule has 2 aromatic rings. The second kappa shape index (κ2) is 8.75. The van der Waals surface area contributed by atoms with Gasteiger partial charge in [-0.1, -0.05) is 116 Å². The molecule has 0 N–H and O–H groups in total. The van der Waals surface area contributed by atoms with Crippen LogP contribution in [0.3, 0.4) is 0 Å². The summed E-state index contributed by atoms with van der Waals surface area (Å²) in [7, 11) is -1.75. The van der Waals surface area contributed by atoms with Crippen molar-refractivity contribution in [2.45, 2.75) is 45.6 Å². The molecule has 2 aromatic carbocycles. The van der Waals surface area contributed by atoms with E-state index in [4.69, 9.17) is 0 Å². The summed E-state index contributed by atoms with van der Waals surface area (Å²) in [5.41, 5.74) is 2.53. The first-order chi connectivity index (χ1) is 10.8. The van der Waals surface area contributed by atoms with Gasteiger partial charge in [-0.05, 0) is 12.8 Å². The van der Waals surface area contributed by atoms with Gasteiger partial charge in [-0.15, -0.1) is 0 Å². The first-order valence-corrected chi connectivity index (χ1v) is 11.1. The summed E-state index contributed by atoms with van der Waals surface area (Å²) < 4.78 is 0. The summed E-state index contributed by atoms with van der Waals surface area (Å²) in [6, 6.07) is 22.0. The van der Waals surface area contributed by atoms with E-state index in [0.717, 1.165) is 0 Å². The van der Waals surface area contributed by atoms with Crippen LogP contribution in [-0.2, 0) is 0 Å². The Labute approximate surface area is 136 Å². The van der Waals surface area contributed by atoms with Crippen molar-refractivity contribution in [3.8, 4) is 0 Å². The second-order valence-electron chi connectivity index (χ2n) is 6.19. The van der Waals surface area contributed by atoms with Crippen molar-refractivity contribution in [2.75, 3.05) is 0 Å². The number of benzene rings is 2. The van der Waals surface area contributed by atoms with E-state index in [2.05, 4.69) is 85.9 Å². The molecule has 0 unspecified atom stereocenters. The van der Waals surface area contributed by atoms with Crippen molar-refractivity contribution in [1.29, 1.82) is 0 Å². The maximum absolute atomic E-state index is 2.53. The van der Waals surface area contributed by atoms with Gasteiger partial charge >= 0.3 is 0 Å². The number of hydrogen-bond acceptors (Lipinski definition) is 0. The molecular weight excluding hydrogens is 280 g/mol. The standard InChI is InChI=1S/C21H28Si/c1-3-4-5-6-7-14-19-22(2,20-15-10-8-11-16-20)21-17-12-9-13-18-21/h8-19H,3-7H2,1-2H3/b19-14-. The molecule has 0 heterocycles. The number of unbranched alkanes of at least 4 members (excludes halogenated alkanes) is 4. The van der Waals surface area contributed by atoms with E-state index in [1.165, 1.54) is 42.5 Å². The van der Waals surface area contributed by atoms with E-state index in [1.807, 2.05) is 0 Å². The van der Waals surface area contributed by atoms with Crippen LogP contribution in [0.5, 0.6) is 0 Å². The normalized spacial score (nSPS) is 11.9. The van der Waals surface area contributed by atoms with Gasteiger partial charge in [0, 0.05) is 0 Å². The zero-order valence-corrected chi connectivity index (χ0v) is 15.0. The lowest BCUT2D eigenvalue weighted by atomic mass is 10.2. The fraction of sp³-hybridized carbons (Fsp3) is 0.333. The molecular formula is C21H28Si. The molecule has 0 radical (unpaired) electrons. The van der Waals surface area contributed by atoms with Crippen LogP contribution in [0, 0.1) is 0 Å². The van der Waals surface area contributed by atoms with Crippen molar-refractivity contribution >= 4 is 18.4 Å². The van der Waals surface area contributed by atoms with Gasteiger partial charge in [0.05, 0.1) is 0 Å². The summed E-state index contributed by atoms with van der Waals surface area (Å²) in [6.45, 7) is 4.73. The average Bonchev–Trinajstić information content (AvgIpc) is 2.59. The molecule has 0 saturated heterocycles. The molecule has 2 rings (SSSR count). The molecule has 1 heteroatoms. The molecule has 0 atom stereocenters. The summed E-state index contributed by atoms with van der Waals surface area (Å²) in [4.78, 5) is 0. The quantitative estimate of drug-likeness (QED) is 0.478. The minimum absolute atomic E-state index is 1.21. The molecule has 22 heavy (non-hydrogen) atoms. The first kappa shape index (κ1) is 16.8. The second-order valence-corrected chi connectivity index (χ2v) is 10.1. The number of hydrogen-bond donors (Lipinski definition) is 0. The highest BCUT2D eigenvalue weighted by Gasteiger charge is 2.28. The lowest BCUT2D eigenvalue weighted by Gasteiger charge is -2.25. The first-order valence-electron chi connectivity index (χ1n) is 8.56. The Morgan fingerprint density at radius 3 is 1.82 bits per heavy atom. The predicted octanol–water partition coefficient (Wildman–Crippen LogP) is 4.95. The molecule has 0 aromatic heterocycles. The minimum Gasteiger partial charge on any atom is -0.0917 e. The maximum atomic E-state index is 2.53. The molecule has 116 valence electrons. The highest BCUT2D eigenvalue weighted by Crippen LogP contribution is 2.10. The van der Waals surface area contributed by atoms with Crippen LogP contribution in [0.25, 0.3) is 0 Å². The largest absolute Gasteiger partial charge is 0.137 e. The van der Waals surface area contributed by atoms with Crippen molar-refractivity contribution in [1.82, 2.24) is 0 Å². The maximum Gasteiger partial charge on any atom is 0.137 e. The third-order valence-corrected chi connectivity index (χ3v) is 8.39. The average molecular weight is 309 g/mol. The Bertz CT molecular complexity index is 517. The molecule has 0 fully saturated rings. The van der Waals surface area contributed by atoms with Crippen molar-refractivity contribution in [2.24, 2.45) is 0 Å². The van der Waals surface area contributed by atoms with Crippen LogP contribution >= 0.6 is 0 Å². The molecule has 0 nitrogen and oxygen atoms in total. The minimum atomic E-state index is -1.75. The van der Waals surface area contributed by atoms with Gasteiger partial charge in [0.2, 0.25) is 0 Å². The van der Waals surface area contributed by atoms with Crippen molar-refractivity contribution in [3.63, 3.8) is 0 Å². The van der Waals surface area contributed by atoms with Gasteiger partial charge in [-0.3, -0.25) is 0 Å². The van der Waals surface area contributed by atoms with E-state index in [-0.39, 0.29) is 0 Å². The molecule has 0 saturated carbocycles.